The molecule has 29 heavy (non-hydrogen) atoms. The number of hydrogen-bond donors (Lipinski definition) is 1. The fourth-order valence-electron chi connectivity index (χ4n) is 3.32. The first-order valence-electron chi connectivity index (χ1n) is 9.45. The number of amides is 2. The van der Waals surface area contributed by atoms with Gasteiger partial charge in [0, 0.05) is 36.3 Å². The largest absolute Gasteiger partial charge is 0.484 e. The van der Waals surface area contributed by atoms with Gasteiger partial charge in [-0.2, -0.15) is 0 Å². The lowest BCUT2D eigenvalue weighted by atomic mass is 9.95. The Morgan fingerprint density at radius 3 is 2.48 bits per heavy atom. The number of piperidine rings is 1. The summed E-state index contributed by atoms with van der Waals surface area (Å²) in [5.41, 5.74) is 1.26. The number of carbonyl (C=O) groups excluding carboxylic acids is 2. The van der Waals surface area contributed by atoms with E-state index in [1.807, 2.05) is 30.3 Å². The number of nitro groups is 1. The number of aryl methyl sites for hydroxylation is 1. The lowest BCUT2D eigenvalue weighted by Gasteiger charge is -2.31. The van der Waals surface area contributed by atoms with Crippen LogP contribution in [0.3, 0.4) is 0 Å². The molecule has 1 N–H and O–H groups in total. The van der Waals surface area contributed by atoms with Crippen LogP contribution in [0.2, 0.25) is 0 Å². The quantitative estimate of drug-likeness (QED) is 0.596. The van der Waals surface area contributed by atoms with E-state index in [2.05, 4.69) is 5.32 Å². The molecule has 8 heteroatoms. The van der Waals surface area contributed by atoms with Crippen LogP contribution in [0.5, 0.6) is 5.75 Å². The summed E-state index contributed by atoms with van der Waals surface area (Å²) in [6, 6.07) is 13.7. The number of benzene rings is 2. The van der Waals surface area contributed by atoms with E-state index in [0.717, 1.165) is 5.69 Å². The second-order valence-corrected chi connectivity index (χ2v) is 7.00. The highest BCUT2D eigenvalue weighted by molar-refractivity contribution is 5.92. The van der Waals surface area contributed by atoms with Crippen molar-refractivity contribution in [2.45, 2.75) is 19.8 Å². The van der Waals surface area contributed by atoms with Gasteiger partial charge in [-0.15, -0.1) is 0 Å². The molecule has 0 saturated carbocycles. The summed E-state index contributed by atoms with van der Waals surface area (Å²) < 4.78 is 5.50. The minimum absolute atomic E-state index is 0.0135. The van der Waals surface area contributed by atoms with Crippen LogP contribution in [0.25, 0.3) is 0 Å². The smallest absolute Gasteiger partial charge is 0.272 e. The molecule has 2 amide bonds. The molecular weight excluding hydrogens is 374 g/mol. The number of nitro benzene ring substituents is 1. The number of anilines is 1. The van der Waals surface area contributed by atoms with Crippen molar-refractivity contribution in [3.8, 4) is 5.75 Å². The van der Waals surface area contributed by atoms with Gasteiger partial charge in [0.1, 0.15) is 5.75 Å². The molecule has 0 radical (unpaired) electrons. The molecule has 1 aliphatic heterocycles. The fourth-order valence-corrected chi connectivity index (χ4v) is 3.32. The molecule has 8 nitrogen and oxygen atoms in total. The Bertz CT molecular complexity index is 892. The highest BCUT2D eigenvalue weighted by Crippen LogP contribution is 2.24. The highest BCUT2D eigenvalue weighted by Gasteiger charge is 2.27. The lowest BCUT2D eigenvalue weighted by Crippen LogP contribution is -2.43. The Kier molecular flexibility index (Phi) is 6.43. The standard InChI is InChI=1S/C21H23N3O5/c1-15-13-18(7-8-19(15)24(27)28)29-14-20(25)23-11-9-16(10-12-23)21(26)22-17-5-3-2-4-6-17/h2-8,13,16H,9-12,14H2,1H3,(H,22,26). The minimum Gasteiger partial charge on any atom is -0.484 e. The number of hydrogen-bond acceptors (Lipinski definition) is 5. The number of likely N-dealkylation sites (tertiary alicyclic amines) is 1. The van der Waals surface area contributed by atoms with Gasteiger partial charge in [-0.1, -0.05) is 18.2 Å². The SMILES string of the molecule is Cc1cc(OCC(=O)N2CCC(C(=O)Nc3ccccc3)CC2)ccc1[N+](=O)[O-]. The number of nitrogens with one attached hydrogen (secondary N) is 1. The van der Waals surface area contributed by atoms with Gasteiger partial charge >= 0.3 is 0 Å². The van der Waals surface area contributed by atoms with Crippen molar-refractivity contribution in [3.05, 3.63) is 64.2 Å². The van der Waals surface area contributed by atoms with E-state index in [4.69, 9.17) is 4.74 Å². The molecule has 0 atom stereocenters. The predicted molar refractivity (Wildman–Crippen MR) is 108 cm³/mol. The van der Waals surface area contributed by atoms with Crippen molar-refractivity contribution < 1.29 is 19.2 Å². The van der Waals surface area contributed by atoms with Crippen LogP contribution in [-0.2, 0) is 9.59 Å². The van der Waals surface area contributed by atoms with Crippen LogP contribution in [0.4, 0.5) is 11.4 Å². The summed E-state index contributed by atoms with van der Waals surface area (Å²) >= 11 is 0. The van der Waals surface area contributed by atoms with Gasteiger partial charge in [-0.3, -0.25) is 19.7 Å². The predicted octanol–water partition coefficient (Wildman–Crippen LogP) is 3.16. The average molecular weight is 397 g/mol. The average Bonchev–Trinajstić information content (AvgIpc) is 2.72. The van der Waals surface area contributed by atoms with Crippen molar-refractivity contribution in [1.29, 1.82) is 0 Å². The summed E-state index contributed by atoms with van der Waals surface area (Å²) in [6.07, 6.45) is 1.20. The maximum Gasteiger partial charge on any atom is 0.272 e. The zero-order valence-corrected chi connectivity index (χ0v) is 16.2. The number of ether oxygens (including phenoxy) is 1. The molecular formula is C21H23N3O5. The molecule has 1 heterocycles. The first kappa shape index (κ1) is 20.3. The minimum atomic E-state index is -0.456. The second kappa shape index (κ2) is 9.18. The maximum atomic E-state index is 12.4. The molecule has 1 saturated heterocycles. The molecule has 152 valence electrons. The van der Waals surface area contributed by atoms with Crippen LogP contribution in [0, 0.1) is 23.0 Å². The number of para-hydroxylation sites is 1. The summed E-state index contributed by atoms with van der Waals surface area (Å²) in [6.45, 7) is 2.47. The van der Waals surface area contributed by atoms with E-state index < -0.39 is 4.92 Å². The molecule has 2 aromatic rings. The summed E-state index contributed by atoms with van der Waals surface area (Å²) in [4.78, 5) is 36.9. The van der Waals surface area contributed by atoms with Crippen LogP contribution < -0.4 is 10.1 Å². The van der Waals surface area contributed by atoms with Crippen LogP contribution in [-0.4, -0.2) is 41.3 Å². The van der Waals surface area contributed by atoms with Gasteiger partial charge < -0.3 is 15.0 Å². The summed E-state index contributed by atoms with van der Waals surface area (Å²) in [7, 11) is 0. The first-order chi connectivity index (χ1) is 13.9. The van der Waals surface area contributed by atoms with Gasteiger partial charge in [-0.05, 0) is 44.0 Å². The molecule has 0 unspecified atom stereocenters. The van der Waals surface area contributed by atoms with Gasteiger partial charge in [0.25, 0.3) is 11.6 Å². The van der Waals surface area contributed by atoms with Crippen molar-refractivity contribution in [3.63, 3.8) is 0 Å². The number of nitrogens with zero attached hydrogens (tertiary/aromatic N) is 2. The highest BCUT2D eigenvalue weighted by atomic mass is 16.6. The number of carbonyl (C=O) groups is 2. The van der Waals surface area contributed by atoms with Crippen molar-refractivity contribution in [2.24, 2.45) is 5.92 Å². The number of rotatable bonds is 6. The third-order valence-electron chi connectivity index (χ3n) is 4.99. The molecule has 0 aromatic heterocycles. The Hall–Kier alpha value is -3.42. The summed E-state index contributed by atoms with van der Waals surface area (Å²) in [5.74, 6) is 0.0971. The van der Waals surface area contributed by atoms with Gasteiger partial charge in [0.2, 0.25) is 5.91 Å². The lowest BCUT2D eigenvalue weighted by molar-refractivity contribution is -0.385. The molecule has 0 aliphatic carbocycles. The molecule has 0 bridgehead atoms. The molecule has 1 fully saturated rings. The first-order valence-corrected chi connectivity index (χ1v) is 9.45. The summed E-state index contributed by atoms with van der Waals surface area (Å²) in [5, 5.41) is 13.8. The van der Waals surface area contributed by atoms with E-state index in [-0.39, 0.29) is 30.0 Å². The zero-order chi connectivity index (χ0) is 20.8. The van der Waals surface area contributed by atoms with E-state index in [1.165, 1.54) is 12.1 Å². The van der Waals surface area contributed by atoms with Crippen molar-refractivity contribution >= 4 is 23.2 Å². The van der Waals surface area contributed by atoms with Crippen molar-refractivity contribution in [1.82, 2.24) is 4.90 Å². The Balaban J connectivity index is 1.46. The third-order valence-corrected chi connectivity index (χ3v) is 4.99. The van der Waals surface area contributed by atoms with E-state index in [1.54, 1.807) is 17.9 Å². The fraction of sp³-hybridized carbons (Fsp3) is 0.333. The normalized spacial score (nSPS) is 14.3. The molecule has 1 aliphatic rings. The topological polar surface area (TPSA) is 102 Å². The zero-order valence-electron chi connectivity index (χ0n) is 16.2. The molecule has 0 spiro atoms. The van der Waals surface area contributed by atoms with Crippen LogP contribution >= 0.6 is 0 Å². The Morgan fingerprint density at radius 2 is 1.86 bits per heavy atom. The Labute approximate surface area is 168 Å². The van der Waals surface area contributed by atoms with Gasteiger partial charge in [0.15, 0.2) is 6.61 Å². The second-order valence-electron chi connectivity index (χ2n) is 7.00. The Morgan fingerprint density at radius 1 is 1.17 bits per heavy atom. The van der Waals surface area contributed by atoms with E-state index in [0.29, 0.717) is 37.2 Å². The van der Waals surface area contributed by atoms with E-state index >= 15 is 0 Å². The molecule has 2 aromatic carbocycles. The van der Waals surface area contributed by atoms with E-state index in [9.17, 15) is 19.7 Å². The monoisotopic (exact) mass is 397 g/mol. The van der Waals surface area contributed by atoms with Gasteiger partial charge in [0.05, 0.1) is 4.92 Å². The maximum absolute atomic E-state index is 12.4. The molecule has 3 rings (SSSR count). The van der Waals surface area contributed by atoms with Crippen LogP contribution in [0.15, 0.2) is 48.5 Å². The third kappa shape index (κ3) is 5.31. The van der Waals surface area contributed by atoms with Gasteiger partial charge in [-0.25, -0.2) is 0 Å². The van der Waals surface area contributed by atoms with Crippen LogP contribution in [0.1, 0.15) is 18.4 Å². The van der Waals surface area contributed by atoms with Crippen molar-refractivity contribution in [2.75, 3.05) is 25.0 Å².